The van der Waals surface area contributed by atoms with Crippen LogP contribution in [0.25, 0.3) is 5.65 Å². The highest BCUT2D eigenvalue weighted by molar-refractivity contribution is 6.03. The number of rotatable bonds is 6. The number of anilines is 1. The third-order valence-electron chi connectivity index (χ3n) is 5.87. The first-order valence-corrected chi connectivity index (χ1v) is 11.2. The zero-order valence-electron chi connectivity index (χ0n) is 19.6. The molecule has 0 bridgehead atoms. The third-order valence-corrected chi connectivity index (χ3v) is 5.87. The summed E-state index contributed by atoms with van der Waals surface area (Å²) in [5.41, 5.74) is 1.93. The summed E-state index contributed by atoms with van der Waals surface area (Å²) < 4.78 is 82.9. The molecule has 2 N–H and O–H groups in total. The van der Waals surface area contributed by atoms with Gasteiger partial charge in [-0.15, -0.1) is 0 Å². The number of fused-ring (bicyclic) bond motifs is 2. The molecule has 4 heterocycles. The number of halogens is 6. The Labute approximate surface area is 210 Å². The van der Waals surface area contributed by atoms with Crippen molar-refractivity contribution in [2.45, 2.75) is 31.7 Å². The predicted molar refractivity (Wildman–Crippen MR) is 117 cm³/mol. The number of carbonyl (C=O) groups is 2. The van der Waals surface area contributed by atoms with E-state index in [4.69, 9.17) is 24.4 Å². The minimum absolute atomic E-state index is 0.121. The minimum atomic E-state index is -5.08. The highest BCUT2D eigenvalue weighted by Gasteiger charge is 2.55. The monoisotopic (exact) mass is 549 g/mol. The average Bonchev–Trinajstić information content (AvgIpc) is 3.24. The Bertz CT molecular complexity index is 1320. The molecule has 1 saturated carbocycles. The van der Waals surface area contributed by atoms with Crippen molar-refractivity contribution < 1.29 is 50.5 Å². The first-order chi connectivity index (χ1) is 17.8. The van der Waals surface area contributed by atoms with Crippen LogP contribution in [0.5, 0.6) is 5.75 Å². The number of hydrogen-bond donors (Lipinski definition) is 2. The number of aliphatic carboxylic acids is 1. The number of aromatic nitrogens is 4. The summed E-state index contributed by atoms with van der Waals surface area (Å²) in [5.74, 6) is -1.54. The molecule has 10 nitrogen and oxygen atoms in total. The zero-order valence-corrected chi connectivity index (χ0v) is 19.6. The van der Waals surface area contributed by atoms with Gasteiger partial charge in [-0.3, -0.25) is 9.48 Å². The molecular weight excluding hydrogens is 528 g/mol. The lowest BCUT2D eigenvalue weighted by atomic mass is 10.2. The van der Waals surface area contributed by atoms with Gasteiger partial charge in [-0.05, 0) is 24.8 Å². The van der Waals surface area contributed by atoms with Crippen LogP contribution in [0.15, 0.2) is 30.7 Å². The molecule has 0 radical (unpaired) electrons. The Kier molecular flexibility index (Phi) is 7.27. The molecule has 2 fully saturated rings. The van der Waals surface area contributed by atoms with Gasteiger partial charge in [0.25, 0.3) is 5.91 Å². The van der Waals surface area contributed by atoms with Gasteiger partial charge in [-0.1, -0.05) is 0 Å². The Morgan fingerprint density at radius 1 is 1.18 bits per heavy atom. The number of nitrogens with zero attached hydrogens (tertiary/aromatic N) is 4. The normalized spacial score (nSPS) is 20.4. The quantitative estimate of drug-likeness (QED) is 0.450. The van der Waals surface area contributed by atoms with Crippen molar-refractivity contribution in [2.75, 3.05) is 25.1 Å². The first-order valence-electron chi connectivity index (χ1n) is 11.2. The van der Waals surface area contributed by atoms with Gasteiger partial charge in [0.15, 0.2) is 5.69 Å². The van der Waals surface area contributed by atoms with Crippen LogP contribution >= 0.6 is 0 Å². The molecule has 0 aromatic carbocycles. The number of imidazole rings is 1. The second kappa shape index (κ2) is 10.2. The third kappa shape index (κ3) is 6.17. The maximum Gasteiger partial charge on any atom is 0.490 e. The highest BCUT2D eigenvalue weighted by atomic mass is 19.4. The van der Waals surface area contributed by atoms with Gasteiger partial charge in [0.1, 0.15) is 23.6 Å². The van der Waals surface area contributed by atoms with Crippen LogP contribution in [0, 0.1) is 11.8 Å². The molecular formula is C22H21F6N5O5. The fourth-order valence-electron chi connectivity index (χ4n) is 4.18. The number of nitrogens with one attached hydrogen (secondary N) is 1. The fourth-order valence-corrected chi connectivity index (χ4v) is 4.18. The van der Waals surface area contributed by atoms with Gasteiger partial charge < -0.3 is 24.3 Å². The first kappa shape index (κ1) is 27.2. The number of carboxylic acids is 1. The largest absolute Gasteiger partial charge is 0.491 e. The maximum absolute atomic E-state index is 12.6. The Hall–Kier alpha value is -3.82. The number of amides is 1. The van der Waals surface area contributed by atoms with Gasteiger partial charge in [0.2, 0.25) is 0 Å². The molecule has 2 atom stereocenters. The van der Waals surface area contributed by atoms with Crippen LogP contribution in [0.2, 0.25) is 0 Å². The highest BCUT2D eigenvalue weighted by Crippen LogP contribution is 2.57. The Morgan fingerprint density at radius 3 is 2.42 bits per heavy atom. The summed E-state index contributed by atoms with van der Waals surface area (Å²) in [5, 5.41) is 13.5. The summed E-state index contributed by atoms with van der Waals surface area (Å²) in [6.45, 7) is 2.45. The van der Waals surface area contributed by atoms with E-state index in [1.54, 1.807) is 12.3 Å². The van der Waals surface area contributed by atoms with Crippen molar-refractivity contribution in [3.63, 3.8) is 0 Å². The smallest absolute Gasteiger partial charge is 0.490 e. The number of alkyl halides is 6. The number of ether oxygens (including phenoxy) is 2. The van der Waals surface area contributed by atoms with Gasteiger partial charge in [0.05, 0.1) is 25.5 Å². The van der Waals surface area contributed by atoms with Crippen molar-refractivity contribution >= 4 is 23.2 Å². The van der Waals surface area contributed by atoms with Gasteiger partial charge in [-0.25, -0.2) is 9.78 Å². The van der Waals surface area contributed by atoms with E-state index in [1.807, 2.05) is 17.5 Å². The standard InChI is InChI=1S/C20H20F3N5O3.C2HF3O2/c1-2-31-16-5-17-24-15(18-11-8-30-9-12(11)18)7-27(17)6-14(16)25-19(29)13-3-4-28(26-13)10-20(21,22)23;3-2(4,5)1(6)7/h3-7,11-12,18H,2,8-10H2,1H3,(H,25,29);(H,6,7). The van der Waals surface area contributed by atoms with Crippen LogP contribution in [-0.4, -0.2) is 68.3 Å². The van der Waals surface area contributed by atoms with Crippen molar-refractivity contribution in [1.82, 2.24) is 19.2 Å². The predicted octanol–water partition coefficient (Wildman–Crippen LogP) is 3.74. The molecule has 1 amide bonds. The molecule has 1 aliphatic heterocycles. The number of hydrogen-bond acceptors (Lipinski definition) is 6. The van der Waals surface area contributed by atoms with E-state index in [2.05, 4.69) is 10.4 Å². The molecule has 206 valence electrons. The number of carboxylic acid groups (broad SMARTS) is 1. The van der Waals surface area contributed by atoms with E-state index < -0.39 is 30.8 Å². The second-order valence-corrected chi connectivity index (χ2v) is 8.58. The molecule has 3 aromatic rings. The second-order valence-electron chi connectivity index (χ2n) is 8.58. The number of pyridine rings is 1. The molecule has 5 rings (SSSR count). The lowest BCUT2D eigenvalue weighted by Gasteiger charge is -2.11. The lowest BCUT2D eigenvalue weighted by Crippen LogP contribution is -2.21. The van der Waals surface area contributed by atoms with E-state index in [-0.39, 0.29) is 5.69 Å². The Morgan fingerprint density at radius 2 is 1.84 bits per heavy atom. The molecule has 0 spiro atoms. The van der Waals surface area contributed by atoms with Crippen LogP contribution < -0.4 is 10.1 Å². The molecule has 1 saturated heterocycles. The van der Waals surface area contributed by atoms with Crippen molar-refractivity contribution in [1.29, 1.82) is 0 Å². The molecule has 2 unspecified atom stereocenters. The van der Waals surface area contributed by atoms with Gasteiger partial charge in [0, 0.05) is 30.6 Å². The molecule has 3 aromatic heterocycles. The zero-order chi connectivity index (χ0) is 27.8. The molecule has 2 aliphatic rings. The summed E-state index contributed by atoms with van der Waals surface area (Å²) in [6.07, 6.45) is -4.76. The van der Waals surface area contributed by atoms with Crippen LogP contribution in [0.3, 0.4) is 0 Å². The van der Waals surface area contributed by atoms with E-state index in [0.29, 0.717) is 46.1 Å². The summed E-state index contributed by atoms with van der Waals surface area (Å²) in [6, 6.07) is 2.97. The van der Waals surface area contributed by atoms with E-state index >= 15 is 0 Å². The Balaban J connectivity index is 0.000000426. The van der Waals surface area contributed by atoms with Crippen molar-refractivity contribution in [3.8, 4) is 5.75 Å². The fraction of sp³-hybridized carbons (Fsp3) is 0.455. The molecule has 1 aliphatic carbocycles. The maximum atomic E-state index is 12.6. The van der Waals surface area contributed by atoms with E-state index in [9.17, 15) is 31.1 Å². The minimum Gasteiger partial charge on any atom is -0.491 e. The molecule has 38 heavy (non-hydrogen) atoms. The number of carbonyl (C=O) groups excluding carboxylic acids is 1. The van der Waals surface area contributed by atoms with E-state index in [0.717, 1.165) is 25.1 Å². The SMILES string of the molecule is CCOc1cc2nc(C3C4COCC43)cn2cc1NC(=O)c1ccn(CC(F)(F)F)n1.O=C(O)C(F)(F)F. The average molecular weight is 549 g/mol. The topological polar surface area (TPSA) is 120 Å². The summed E-state index contributed by atoms with van der Waals surface area (Å²) >= 11 is 0. The van der Waals surface area contributed by atoms with Gasteiger partial charge >= 0.3 is 18.3 Å². The molecule has 16 heteroatoms. The van der Waals surface area contributed by atoms with Crippen LogP contribution in [0.4, 0.5) is 32.0 Å². The van der Waals surface area contributed by atoms with Crippen LogP contribution in [-0.2, 0) is 16.1 Å². The van der Waals surface area contributed by atoms with Crippen LogP contribution in [0.1, 0.15) is 29.0 Å². The summed E-state index contributed by atoms with van der Waals surface area (Å²) in [4.78, 5) is 26.2. The lowest BCUT2D eigenvalue weighted by molar-refractivity contribution is -0.192. The van der Waals surface area contributed by atoms with Gasteiger partial charge in [-0.2, -0.15) is 31.4 Å². The van der Waals surface area contributed by atoms with E-state index in [1.165, 1.54) is 6.07 Å². The van der Waals surface area contributed by atoms with Crippen molar-refractivity contribution in [2.24, 2.45) is 11.8 Å². The summed E-state index contributed by atoms with van der Waals surface area (Å²) in [7, 11) is 0. The van der Waals surface area contributed by atoms with Crippen molar-refractivity contribution in [3.05, 3.63) is 42.1 Å².